The van der Waals surface area contributed by atoms with E-state index in [4.69, 9.17) is 0 Å². The van der Waals surface area contributed by atoms with Crippen molar-refractivity contribution in [2.75, 3.05) is 0 Å². The van der Waals surface area contributed by atoms with Crippen LogP contribution in [0.4, 0.5) is 4.39 Å². The summed E-state index contributed by atoms with van der Waals surface area (Å²) in [5.74, 6) is -0.720. The van der Waals surface area contributed by atoms with Gasteiger partial charge >= 0.3 is 0 Å². The smallest absolute Gasteiger partial charge is 0.246 e. The lowest BCUT2D eigenvalue weighted by Gasteiger charge is -1.83. The average Bonchev–Trinajstić information content (AvgIpc) is 1.65. The number of carbonyl (C=O) groups excluding carboxylic acids is 1. The zero-order chi connectivity index (χ0) is 5.86. The molecular formula is C4H6FNO. The van der Waals surface area contributed by atoms with Crippen LogP contribution in [0, 0.1) is 0 Å². The van der Waals surface area contributed by atoms with Crippen molar-refractivity contribution in [3.8, 4) is 0 Å². The minimum absolute atomic E-state index is 0.0556. The van der Waals surface area contributed by atoms with Gasteiger partial charge in [0.2, 0.25) is 5.91 Å². The Morgan fingerprint density at radius 3 is 2.29 bits per heavy atom. The molecule has 2 N–H and O–H groups in total. The highest BCUT2D eigenvalue weighted by molar-refractivity contribution is 5.90. The van der Waals surface area contributed by atoms with Gasteiger partial charge in [0.1, 0.15) is 0 Å². The van der Waals surface area contributed by atoms with E-state index in [1.807, 2.05) is 0 Å². The van der Waals surface area contributed by atoms with Gasteiger partial charge in [-0.1, -0.05) is 0 Å². The Kier molecular flexibility index (Phi) is 2.05. The van der Waals surface area contributed by atoms with E-state index in [2.05, 4.69) is 5.73 Å². The molecule has 0 aromatic rings. The normalized spacial score (nSPS) is 11.4. The van der Waals surface area contributed by atoms with Crippen molar-refractivity contribution in [1.82, 2.24) is 0 Å². The summed E-state index contributed by atoms with van der Waals surface area (Å²) in [5, 5.41) is 0. The van der Waals surface area contributed by atoms with Crippen molar-refractivity contribution in [2.24, 2.45) is 5.73 Å². The highest BCUT2D eigenvalue weighted by Gasteiger charge is 1.92. The number of nitrogens with two attached hydrogens (primary N) is 1. The van der Waals surface area contributed by atoms with Crippen LogP contribution in [-0.4, -0.2) is 5.91 Å². The average molecular weight is 103 g/mol. The molecule has 0 unspecified atom stereocenters. The quantitative estimate of drug-likeness (QED) is 0.478. The van der Waals surface area contributed by atoms with Gasteiger partial charge in [0.25, 0.3) is 0 Å². The van der Waals surface area contributed by atoms with Gasteiger partial charge < -0.3 is 5.73 Å². The first-order chi connectivity index (χ1) is 3.18. The van der Waals surface area contributed by atoms with Crippen molar-refractivity contribution in [2.45, 2.75) is 6.92 Å². The molecule has 2 nitrogen and oxygen atoms in total. The SMILES string of the molecule is C/C(=C\F)C(N)=O. The van der Waals surface area contributed by atoms with E-state index < -0.39 is 5.91 Å². The molecule has 0 spiro atoms. The topological polar surface area (TPSA) is 43.1 Å². The van der Waals surface area contributed by atoms with Crippen LogP contribution >= 0.6 is 0 Å². The number of hydrogen-bond acceptors (Lipinski definition) is 1. The highest BCUT2D eigenvalue weighted by Crippen LogP contribution is 1.87. The number of carbonyl (C=O) groups is 1. The molecule has 0 aliphatic carbocycles. The van der Waals surface area contributed by atoms with Gasteiger partial charge in [-0.25, -0.2) is 4.39 Å². The Morgan fingerprint density at radius 2 is 2.29 bits per heavy atom. The first-order valence-electron chi connectivity index (χ1n) is 1.75. The first-order valence-corrected chi connectivity index (χ1v) is 1.75. The van der Waals surface area contributed by atoms with Crippen molar-refractivity contribution in [3.05, 3.63) is 11.9 Å². The number of rotatable bonds is 1. The fraction of sp³-hybridized carbons (Fsp3) is 0.250. The fourth-order valence-electron chi connectivity index (χ4n) is 0.0538. The summed E-state index contributed by atoms with van der Waals surface area (Å²) < 4.78 is 11.2. The second-order valence-corrected chi connectivity index (χ2v) is 1.16. The predicted octanol–water partition coefficient (Wildman–Crippen LogP) is 0.345. The van der Waals surface area contributed by atoms with Crippen LogP contribution in [0.3, 0.4) is 0 Å². The van der Waals surface area contributed by atoms with Gasteiger partial charge in [0.15, 0.2) is 0 Å². The lowest BCUT2D eigenvalue weighted by atomic mass is 10.3. The van der Waals surface area contributed by atoms with Crippen LogP contribution in [0.15, 0.2) is 11.9 Å². The molecule has 1 amide bonds. The van der Waals surface area contributed by atoms with Gasteiger partial charge in [0.05, 0.1) is 6.33 Å². The molecule has 3 heteroatoms. The van der Waals surface area contributed by atoms with E-state index in [-0.39, 0.29) is 11.9 Å². The molecular weight excluding hydrogens is 97.0 g/mol. The largest absolute Gasteiger partial charge is 0.366 e. The van der Waals surface area contributed by atoms with E-state index >= 15 is 0 Å². The predicted molar refractivity (Wildman–Crippen MR) is 24.1 cm³/mol. The van der Waals surface area contributed by atoms with Crippen LogP contribution in [-0.2, 0) is 4.79 Å². The molecule has 0 saturated carbocycles. The molecule has 0 aromatic heterocycles. The molecule has 0 aliphatic rings. The maximum absolute atomic E-state index is 11.2. The number of halogens is 1. The Balaban J connectivity index is 3.82. The van der Waals surface area contributed by atoms with Gasteiger partial charge in [0, 0.05) is 5.57 Å². The van der Waals surface area contributed by atoms with Gasteiger partial charge in [-0.05, 0) is 6.92 Å². The molecule has 0 aliphatic heterocycles. The molecule has 0 rings (SSSR count). The van der Waals surface area contributed by atoms with Crippen molar-refractivity contribution >= 4 is 5.91 Å². The van der Waals surface area contributed by atoms with E-state index in [0.717, 1.165) is 0 Å². The molecule has 7 heavy (non-hydrogen) atoms. The molecule has 0 radical (unpaired) electrons. The second kappa shape index (κ2) is 2.34. The highest BCUT2D eigenvalue weighted by atomic mass is 19.1. The van der Waals surface area contributed by atoms with Crippen LogP contribution in [0.1, 0.15) is 6.92 Å². The molecule has 0 aromatic carbocycles. The van der Waals surface area contributed by atoms with Crippen molar-refractivity contribution in [3.63, 3.8) is 0 Å². The lowest BCUT2D eigenvalue weighted by Crippen LogP contribution is -2.10. The standard InChI is InChI=1S/C4H6FNO/c1-3(2-5)4(6)7/h2H,1H3,(H2,6,7)/b3-2+. The van der Waals surface area contributed by atoms with Gasteiger partial charge in [-0.3, -0.25) is 4.79 Å². The molecule has 0 heterocycles. The summed E-state index contributed by atoms with van der Waals surface area (Å²) in [4.78, 5) is 9.84. The molecule has 0 atom stereocenters. The van der Waals surface area contributed by atoms with Crippen LogP contribution < -0.4 is 5.73 Å². The third-order valence-corrected chi connectivity index (χ3v) is 0.552. The summed E-state index contributed by atoms with van der Waals surface area (Å²) in [6.45, 7) is 1.31. The summed E-state index contributed by atoms with van der Waals surface area (Å²) in [5.41, 5.74) is 4.54. The van der Waals surface area contributed by atoms with E-state index in [0.29, 0.717) is 0 Å². The number of primary amides is 1. The fourth-order valence-corrected chi connectivity index (χ4v) is 0.0538. The molecule has 40 valence electrons. The monoisotopic (exact) mass is 103 g/mol. The van der Waals surface area contributed by atoms with Gasteiger partial charge in [-0.15, -0.1) is 0 Å². The minimum Gasteiger partial charge on any atom is -0.366 e. The Hall–Kier alpha value is -0.860. The Labute approximate surface area is 40.8 Å². The second-order valence-electron chi connectivity index (χ2n) is 1.16. The third kappa shape index (κ3) is 1.92. The maximum Gasteiger partial charge on any atom is 0.246 e. The summed E-state index contributed by atoms with van der Waals surface area (Å²) in [6, 6.07) is 0. The molecule has 0 bridgehead atoms. The summed E-state index contributed by atoms with van der Waals surface area (Å²) in [7, 11) is 0. The summed E-state index contributed by atoms with van der Waals surface area (Å²) in [6.07, 6.45) is 0.183. The lowest BCUT2D eigenvalue weighted by molar-refractivity contribution is -0.114. The first kappa shape index (κ1) is 6.14. The Bertz CT molecular complexity index is 108. The van der Waals surface area contributed by atoms with E-state index in [9.17, 15) is 9.18 Å². The van der Waals surface area contributed by atoms with Crippen molar-refractivity contribution in [1.29, 1.82) is 0 Å². The van der Waals surface area contributed by atoms with E-state index in [1.54, 1.807) is 0 Å². The van der Waals surface area contributed by atoms with Crippen molar-refractivity contribution < 1.29 is 9.18 Å². The molecule has 0 fully saturated rings. The summed E-state index contributed by atoms with van der Waals surface area (Å²) >= 11 is 0. The van der Waals surface area contributed by atoms with Crippen LogP contribution in [0.2, 0.25) is 0 Å². The zero-order valence-corrected chi connectivity index (χ0v) is 3.94. The maximum atomic E-state index is 11.2. The Morgan fingerprint density at radius 1 is 1.86 bits per heavy atom. The number of amides is 1. The van der Waals surface area contributed by atoms with E-state index in [1.165, 1.54) is 6.92 Å². The number of hydrogen-bond donors (Lipinski definition) is 1. The third-order valence-electron chi connectivity index (χ3n) is 0.552. The van der Waals surface area contributed by atoms with Gasteiger partial charge in [-0.2, -0.15) is 0 Å². The zero-order valence-electron chi connectivity index (χ0n) is 3.94. The minimum atomic E-state index is -0.720. The van der Waals surface area contributed by atoms with Crippen LogP contribution in [0.25, 0.3) is 0 Å². The van der Waals surface area contributed by atoms with Crippen LogP contribution in [0.5, 0.6) is 0 Å². The molecule has 0 saturated heterocycles.